The highest BCUT2D eigenvalue weighted by Gasteiger charge is 2.31. The lowest BCUT2D eigenvalue weighted by atomic mass is 9.95. The van der Waals surface area contributed by atoms with E-state index in [4.69, 9.17) is 0 Å². The zero-order valence-corrected chi connectivity index (χ0v) is 17.1. The fraction of sp³-hybridized carbons (Fsp3) is 0.440. The van der Waals surface area contributed by atoms with Gasteiger partial charge in [-0.25, -0.2) is 0 Å². The van der Waals surface area contributed by atoms with Gasteiger partial charge < -0.3 is 10.2 Å². The maximum absolute atomic E-state index is 12.6. The molecule has 1 aliphatic carbocycles. The van der Waals surface area contributed by atoms with Crippen molar-refractivity contribution in [2.45, 2.75) is 44.6 Å². The second kappa shape index (κ2) is 8.91. The number of carbonyl (C=O) groups is 2. The molecule has 2 aromatic rings. The zero-order valence-electron chi connectivity index (χ0n) is 17.1. The standard InChI is InChI=1S/C25H30N2O2/c1-18(17-27-15-13-23(14-16-27)26-25(29)22-11-12-22)19-7-9-21(10-8-19)24(28)20-5-3-2-4-6-20/h2-10,18,22-23H,11-17H2,1H3,(H,26,29). The summed E-state index contributed by atoms with van der Waals surface area (Å²) in [6.45, 7) is 5.32. The summed E-state index contributed by atoms with van der Waals surface area (Å²) < 4.78 is 0. The molecular formula is C25H30N2O2. The first kappa shape index (κ1) is 19.8. The van der Waals surface area contributed by atoms with Gasteiger partial charge in [0.2, 0.25) is 5.91 Å². The van der Waals surface area contributed by atoms with Crippen LogP contribution in [0, 0.1) is 5.92 Å². The molecule has 2 aromatic carbocycles. The van der Waals surface area contributed by atoms with Gasteiger partial charge in [-0.1, -0.05) is 61.5 Å². The summed E-state index contributed by atoms with van der Waals surface area (Å²) >= 11 is 0. The minimum absolute atomic E-state index is 0.0696. The average molecular weight is 391 g/mol. The van der Waals surface area contributed by atoms with Crippen LogP contribution in [-0.2, 0) is 4.79 Å². The average Bonchev–Trinajstić information content (AvgIpc) is 3.61. The summed E-state index contributed by atoms with van der Waals surface area (Å²) in [5, 5.41) is 3.22. The van der Waals surface area contributed by atoms with E-state index >= 15 is 0 Å². The van der Waals surface area contributed by atoms with Crippen molar-refractivity contribution in [1.29, 1.82) is 0 Å². The Morgan fingerprint density at radius 1 is 0.931 bits per heavy atom. The largest absolute Gasteiger partial charge is 0.353 e. The van der Waals surface area contributed by atoms with Gasteiger partial charge in [-0.15, -0.1) is 0 Å². The second-order valence-electron chi connectivity index (χ2n) is 8.58. The lowest BCUT2D eigenvalue weighted by molar-refractivity contribution is -0.123. The molecule has 1 saturated carbocycles. The highest BCUT2D eigenvalue weighted by atomic mass is 16.2. The van der Waals surface area contributed by atoms with Crippen LogP contribution in [0.5, 0.6) is 0 Å². The Morgan fingerprint density at radius 2 is 1.55 bits per heavy atom. The Kier molecular flexibility index (Phi) is 6.10. The van der Waals surface area contributed by atoms with Crippen molar-refractivity contribution in [1.82, 2.24) is 10.2 Å². The minimum atomic E-state index is 0.0696. The number of nitrogens with one attached hydrogen (secondary N) is 1. The van der Waals surface area contributed by atoms with E-state index in [1.54, 1.807) is 0 Å². The summed E-state index contributed by atoms with van der Waals surface area (Å²) in [5.41, 5.74) is 2.73. The van der Waals surface area contributed by atoms with Crippen LogP contribution >= 0.6 is 0 Å². The molecule has 4 nitrogen and oxygen atoms in total. The quantitative estimate of drug-likeness (QED) is 0.727. The fourth-order valence-corrected chi connectivity index (χ4v) is 4.14. The number of ketones is 1. The summed E-state index contributed by atoms with van der Waals surface area (Å²) in [6.07, 6.45) is 4.21. The van der Waals surface area contributed by atoms with Gasteiger partial charge in [-0.05, 0) is 37.2 Å². The number of carbonyl (C=O) groups excluding carboxylic acids is 2. The molecule has 2 fully saturated rings. The number of likely N-dealkylation sites (tertiary alicyclic amines) is 1. The van der Waals surface area contributed by atoms with Gasteiger partial charge >= 0.3 is 0 Å². The fourth-order valence-electron chi connectivity index (χ4n) is 4.14. The third-order valence-electron chi connectivity index (χ3n) is 6.19. The van der Waals surface area contributed by atoms with Gasteiger partial charge in [0.25, 0.3) is 0 Å². The molecular weight excluding hydrogens is 360 g/mol. The number of amides is 1. The summed E-state index contributed by atoms with van der Waals surface area (Å²) in [4.78, 5) is 27.0. The number of rotatable bonds is 7. The predicted octanol–water partition coefficient (Wildman–Crippen LogP) is 4.01. The van der Waals surface area contributed by atoms with Gasteiger partial charge in [0.1, 0.15) is 0 Å². The number of piperidine rings is 1. The Balaban J connectivity index is 1.27. The van der Waals surface area contributed by atoms with Crippen LogP contribution < -0.4 is 5.32 Å². The molecule has 0 radical (unpaired) electrons. The number of nitrogens with zero attached hydrogens (tertiary/aromatic N) is 1. The first-order valence-electron chi connectivity index (χ1n) is 10.8. The van der Waals surface area contributed by atoms with Gasteiger partial charge in [-0.3, -0.25) is 9.59 Å². The van der Waals surface area contributed by atoms with Crippen molar-refractivity contribution < 1.29 is 9.59 Å². The van der Waals surface area contributed by atoms with Crippen molar-refractivity contribution in [2.75, 3.05) is 19.6 Å². The van der Waals surface area contributed by atoms with Crippen molar-refractivity contribution in [3.63, 3.8) is 0 Å². The summed E-state index contributed by atoms with van der Waals surface area (Å²) in [6, 6.07) is 17.8. The lowest BCUT2D eigenvalue weighted by Crippen LogP contribution is -2.45. The molecule has 0 aromatic heterocycles. The van der Waals surface area contributed by atoms with Crippen LogP contribution in [0.15, 0.2) is 54.6 Å². The van der Waals surface area contributed by atoms with Gasteiger partial charge in [0, 0.05) is 42.7 Å². The Morgan fingerprint density at radius 3 is 2.17 bits per heavy atom. The van der Waals surface area contributed by atoms with Crippen LogP contribution in [0.4, 0.5) is 0 Å². The van der Waals surface area contributed by atoms with Crippen molar-refractivity contribution in [3.8, 4) is 0 Å². The Hall–Kier alpha value is -2.46. The van der Waals surface area contributed by atoms with Crippen LogP contribution in [0.2, 0.25) is 0 Å². The molecule has 152 valence electrons. The molecule has 1 N–H and O–H groups in total. The van der Waals surface area contributed by atoms with Gasteiger partial charge in [0.05, 0.1) is 0 Å². The molecule has 2 aliphatic rings. The van der Waals surface area contributed by atoms with E-state index in [-0.39, 0.29) is 11.7 Å². The third kappa shape index (κ3) is 5.13. The molecule has 1 atom stereocenters. The van der Waals surface area contributed by atoms with Crippen LogP contribution in [0.3, 0.4) is 0 Å². The van der Waals surface area contributed by atoms with E-state index in [0.29, 0.717) is 17.9 Å². The van der Waals surface area contributed by atoms with Gasteiger partial charge in [-0.2, -0.15) is 0 Å². The highest BCUT2D eigenvalue weighted by Crippen LogP contribution is 2.29. The second-order valence-corrected chi connectivity index (χ2v) is 8.58. The Labute approximate surface area is 173 Å². The minimum Gasteiger partial charge on any atom is -0.353 e. The van der Waals surface area contributed by atoms with E-state index in [2.05, 4.69) is 29.3 Å². The molecule has 29 heavy (non-hydrogen) atoms. The van der Waals surface area contributed by atoms with Crippen LogP contribution in [0.25, 0.3) is 0 Å². The Bertz CT molecular complexity index is 835. The summed E-state index contributed by atoms with van der Waals surface area (Å²) in [5.74, 6) is 1.04. The summed E-state index contributed by atoms with van der Waals surface area (Å²) in [7, 11) is 0. The normalized spacial score (nSPS) is 18.9. The number of hydrogen-bond donors (Lipinski definition) is 1. The monoisotopic (exact) mass is 390 g/mol. The van der Waals surface area contributed by atoms with E-state index < -0.39 is 0 Å². The lowest BCUT2D eigenvalue weighted by Gasteiger charge is -2.34. The molecule has 1 heterocycles. The highest BCUT2D eigenvalue weighted by molar-refractivity contribution is 6.08. The molecule has 1 unspecified atom stereocenters. The van der Waals surface area contributed by atoms with Crippen molar-refractivity contribution in [3.05, 3.63) is 71.3 Å². The third-order valence-corrected chi connectivity index (χ3v) is 6.19. The van der Waals surface area contributed by atoms with Crippen molar-refractivity contribution in [2.24, 2.45) is 5.92 Å². The zero-order chi connectivity index (χ0) is 20.2. The van der Waals surface area contributed by atoms with E-state index in [9.17, 15) is 9.59 Å². The van der Waals surface area contributed by atoms with Crippen LogP contribution in [-0.4, -0.2) is 42.3 Å². The number of benzene rings is 2. The molecule has 0 bridgehead atoms. The maximum Gasteiger partial charge on any atom is 0.223 e. The molecule has 0 spiro atoms. The first-order valence-corrected chi connectivity index (χ1v) is 10.8. The molecule has 4 heteroatoms. The molecule has 1 aliphatic heterocycles. The first-order chi connectivity index (χ1) is 14.1. The maximum atomic E-state index is 12.6. The SMILES string of the molecule is CC(CN1CCC(NC(=O)C2CC2)CC1)c1ccc(C(=O)c2ccccc2)cc1. The smallest absolute Gasteiger partial charge is 0.223 e. The van der Waals surface area contributed by atoms with Gasteiger partial charge in [0.15, 0.2) is 5.78 Å². The topological polar surface area (TPSA) is 49.4 Å². The van der Waals surface area contributed by atoms with E-state index in [0.717, 1.165) is 56.4 Å². The predicted molar refractivity (Wildman–Crippen MR) is 115 cm³/mol. The van der Waals surface area contributed by atoms with Crippen molar-refractivity contribution >= 4 is 11.7 Å². The molecule has 1 saturated heterocycles. The molecule has 4 rings (SSSR count). The van der Waals surface area contributed by atoms with E-state index in [1.165, 1.54) is 5.56 Å². The van der Waals surface area contributed by atoms with E-state index in [1.807, 2.05) is 42.5 Å². The number of hydrogen-bond acceptors (Lipinski definition) is 3. The van der Waals surface area contributed by atoms with Crippen LogP contribution in [0.1, 0.15) is 60.0 Å². The molecule has 1 amide bonds.